The standard InChI is InChI=1S/C8H7NO2/c1-10-6-2-3-7-8(4-6)11-5-9-7/h2-5H,1H3. The number of benzene rings is 1. The van der Waals surface area contributed by atoms with Crippen LogP contribution in [-0.4, -0.2) is 12.1 Å². The van der Waals surface area contributed by atoms with Crippen molar-refractivity contribution in [3.05, 3.63) is 24.6 Å². The summed E-state index contributed by atoms with van der Waals surface area (Å²) in [7, 11) is 1.62. The number of ether oxygens (including phenoxy) is 1. The Morgan fingerprint density at radius 2 is 2.36 bits per heavy atom. The third kappa shape index (κ3) is 0.941. The number of aromatic nitrogens is 1. The summed E-state index contributed by atoms with van der Waals surface area (Å²) in [6, 6.07) is 5.52. The lowest BCUT2D eigenvalue weighted by Gasteiger charge is -1.95. The van der Waals surface area contributed by atoms with Gasteiger partial charge in [-0.15, -0.1) is 0 Å². The van der Waals surface area contributed by atoms with Gasteiger partial charge in [-0.1, -0.05) is 0 Å². The Morgan fingerprint density at radius 1 is 1.45 bits per heavy atom. The Hall–Kier alpha value is -1.51. The van der Waals surface area contributed by atoms with Crippen molar-refractivity contribution in [3.8, 4) is 5.75 Å². The second-order valence-corrected chi connectivity index (χ2v) is 2.19. The fraction of sp³-hybridized carbons (Fsp3) is 0.125. The summed E-state index contributed by atoms with van der Waals surface area (Å²) in [5.41, 5.74) is 1.61. The minimum atomic E-state index is 0.754. The van der Waals surface area contributed by atoms with Crippen molar-refractivity contribution in [2.75, 3.05) is 7.11 Å². The topological polar surface area (TPSA) is 35.3 Å². The molecule has 0 bridgehead atoms. The van der Waals surface area contributed by atoms with Crippen LogP contribution in [0.5, 0.6) is 5.75 Å². The van der Waals surface area contributed by atoms with E-state index in [4.69, 9.17) is 9.15 Å². The van der Waals surface area contributed by atoms with Crippen LogP contribution in [0.15, 0.2) is 29.0 Å². The molecule has 0 N–H and O–H groups in total. The summed E-state index contributed by atoms with van der Waals surface area (Å²) >= 11 is 0. The van der Waals surface area contributed by atoms with Crippen LogP contribution >= 0.6 is 0 Å². The molecule has 0 atom stereocenters. The molecule has 0 fully saturated rings. The van der Waals surface area contributed by atoms with Crippen molar-refractivity contribution in [2.24, 2.45) is 0 Å². The van der Waals surface area contributed by atoms with Crippen molar-refractivity contribution in [1.82, 2.24) is 4.98 Å². The van der Waals surface area contributed by atoms with E-state index in [0.717, 1.165) is 16.8 Å². The third-order valence-corrected chi connectivity index (χ3v) is 1.54. The minimum absolute atomic E-state index is 0.754. The molecule has 1 aromatic carbocycles. The van der Waals surface area contributed by atoms with Gasteiger partial charge in [-0.3, -0.25) is 0 Å². The maximum Gasteiger partial charge on any atom is 0.181 e. The Bertz CT molecular complexity index is 367. The molecule has 11 heavy (non-hydrogen) atoms. The van der Waals surface area contributed by atoms with E-state index < -0.39 is 0 Å². The van der Waals surface area contributed by atoms with Crippen LogP contribution in [0.2, 0.25) is 0 Å². The smallest absolute Gasteiger partial charge is 0.181 e. The van der Waals surface area contributed by atoms with E-state index in [1.807, 2.05) is 18.2 Å². The summed E-state index contributed by atoms with van der Waals surface area (Å²) in [6.07, 6.45) is 1.42. The number of hydrogen-bond acceptors (Lipinski definition) is 3. The Kier molecular flexibility index (Phi) is 1.28. The Morgan fingerprint density at radius 3 is 3.18 bits per heavy atom. The van der Waals surface area contributed by atoms with E-state index in [1.54, 1.807) is 7.11 Å². The van der Waals surface area contributed by atoms with Gasteiger partial charge in [0, 0.05) is 6.07 Å². The van der Waals surface area contributed by atoms with Gasteiger partial charge in [-0.25, -0.2) is 4.98 Å². The first-order valence-corrected chi connectivity index (χ1v) is 3.27. The van der Waals surface area contributed by atoms with Gasteiger partial charge < -0.3 is 9.15 Å². The number of rotatable bonds is 1. The predicted molar refractivity (Wildman–Crippen MR) is 40.6 cm³/mol. The van der Waals surface area contributed by atoms with Gasteiger partial charge in [-0.05, 0) is 12.1 Å². The van der Waals surface area contributed by atoms with Gasteiger partial charge in [0.2, 0.25) is 0 Å². The molecule has 0 aliphatic heterocycles. The molecule has 3 heteroatoms. The second kappa shape index (κ2) is 2.27. The molecule has 0 spiro atoms. The molecular weight excluding hydrogens is 142 g/mol. The highest BCUT2D eigenvalue weighted by atomic mass is 16.5. The molecule has 56 valence electrons. The van der Waals surface area contributed by atoms with E-state index in [1.165, 1.54) is 6.39 Å². The quantitative estimate of drug-likeness (QED) is 0.620. The minimum Gasteiger partial charge on any atom is -0.497 e. The van der Waals surface area contributed by atoms with Crippen LogP contribution < -0.4 is 4.74 Å². The molecule has 0 saturated carbocycles. The largest absolute Gasteiger partial charge is 0.497 e. The van der Waals surface area contributed by atoms with Gasteiger partial charge in [0.1, 0.15) is 11.3 Å². The lowest BCUT2D eigenvalue weighted by atomic mass is 10.3. The van der Waals surface area contributed by atoms with E-state index in [2.05, 4.69) is 4.98 Å². The monoisotopic (exact) mass is 149 g/mol. The number of nitrogens with zero attached hydrogens (tertiary/aromatic N) is 1. The van der Waals surface area contributed by atoms with E-state index in [-0.39, 0.29) is 0 Å². The summed E-state index contributed by atoms with van der Waals surface area (Å²) in [5.74, 6) is 0.786. The maximum atomic E-state index is 5.07. The average molecular weight is 149 g/mol. The fourth-order valence-corrected chi connectivity index (χ4v) is 0.962. The highest BCUT2D eigenvalue weighted by Gasteiger charge is 1.98. The van der Waals surface area contributed by atoms with Gasteiger partial charge >= 0.3 is 0 Å². The highest BCUT2D eigenvalue weighted by Crippen LogP contribution is 2.18. The molecule has 0 amide bonds. The lowest BCUT2D eigenvalue weighted by Crippen LogP contribution is -1.80. The molecule has 1 aromatic heterocycles. The summed E-state index contributed by atoms with van der Waals surface area (Å²) < 4.78 is 10.1. The van der Waals surface area contributed by atoms with Gasteiger partial charge in [-0.2, -0.15) is 0 Å². The van der Waals surface area contributed by atoms with E-state index in [9.17, 15) is 0 Å². The van der Waals surface area contributed by atoms with Gasteiger partial charge in [0.05, 0.1) is 7.11 Å². The molecule has 0 aliphatic carbocycles. The molecule has 1 heterocycles. The zero-order chi connectivity index (χ0) is 7.68. The molecule has 2 rings (SSSR count). The number of methoxy groups -OCH3 is 1. The van der Waals surface area contributed by atoms with Crippen molar-refractivity contribution in [1.29, 1.82) is 0 Å². The molecule has 0 unspecified atom stereocenters. The van der Waals surface area contributed by atoms with Gasteiger partial charge in [0.15, 0.2) is 12.0 Å². The van der Waals surface area contributed by atoms with Crippen LogP contribution in [0.25, 0.3) is 11.1 Å². The Balaban J connectivity index is 2.67. The van der Waals surface area contributed by atoms with Crippen LogP contribution in [0.4, 0.5) is 0 Å². The van der Waals surface area contributed by atoms with Crippen LogP contribution in [-0.2, 0) is 0 Å². The fourth-order valence-electron chi connectivity index (χ4n) is 0.962. The zero-order valence-electron chi connectivity index (χ0n) is 6.07. The van der Waals surface area contributed by atoms with E-state index >= 15 is 0 Å². The van der Waals surface area contributed by atoms with Crippen molar-refractivity contribution >= 4 is 11.1 Å². The molecule has 0 saturated heterocycles. The van der Waals surface area contributed by atoms with Crippen molar-refractivity contribution in [2.45, 2.75) is 0 Å². The molecule has 2 aromatic rings. The second-order valence-electron chi connectivity index (χ2n) is 2.19. The first-order chi connectivity index (χ1) is 5.40. The first-order valence-electron chi connectivity index (χ1n) is 3.27. The summed E-state index contributed by atoms with van der Waals surface area (Å²) in [5, 5.41) is 0. The molecule has 0 aliphatic rings. The molecular formula is C8H7NO2. The lowest BCUT2D eigenvalue weighted by molar-refractivity contribution is 0.414. The van der Waals surface area contributed by atoms with Gasteiger partial charge in [0.25, 0.3) is 0 Å². The SMILES string of the molecule is COc1ccc2ncoc2c1. The Labute approximate surface area is 63.6 Å². The van der Waals surface area contributed by atoms with Crippen LogP contribution in [0.3, 0.4) is 0 Å². The van der Waals surface area contributed by atoms with Crippen molar-refractivity contribution < 1.29 is 9.15 Å². The third-order valence-electron chi connectivity index (χ3n) is 1.54. The predicted octanol–water partition coefficient (Wildman–Crippen LogP) is 1.84. The summed E-state index contributed by atoms with van der Waals surface area (Å²) in [4.78, 5) is 3.97. The first kappa shape index (κ1) is 6.22. The number of hydrogen-bond donors (Lipinski definition) is 0. The normalized spacial score (nSPS) is 10.3. The zero-order valence-corrected chi connectivity index (χ0v) is 6.07. The maximum absolute atomic E-state index is 5.07. The number of fused-ring (bicyclic) bond motifs is 1. The molecule has 3 nitrogen and oxygen atoms in total. The summed E-state index contributed by atoms with van der Waals surface area (Å²) in [6.45, 7) is 0. The van der Waals surface area contributed by atoms with Crippen LogP contribution in [0, 0.1) is 0 Å². The average Bonchev–Trinajstić information content (AvgIpc) is 2.50. The van der Waals surface area contributed by atoms with Crippen molar-refractivity contribution in [3.63, 3.8) is 0 Å². The highest BCUT2D eigenvalue weighted by molar-refractivity contribution is 5.73. The van der Waals surface area contributed by atoms with Crippen LogP contribution in [0.1, 0.15) is 0 Å². The van der Waals surface area contributed by atoms with E-state index in [0.29, 0.717) is 0 Å². The number of oxazole rings is 1. The molecule has 0 radical (unpaired) electrons.